The fourth-order valence-electron chi connectivity index (χ4n) is 1.28. The molecule has 0 N–H and O–H groups in total. The molecule has 0 aliphatic carbocycles. The summed E-state index contributed by atoms with van der Waals surface area (Å²) >= 11 is 17.3. The highest BCUT2D eigenvalue weighted by Gasteiger charge is 2.19. The fourth-order valence-corrected chi connectivity index (χ4v) is 1.99. The van der Waals surface area contributed by atoms with Crippen molar-refractivity contribution < 1.29 is 9.32 Å². The molecule has 0 unspecified atom stereocenters. The molecule has 0 saturated heterocycles. The largest absolute Gasteiger partial charge is 0.363 e. The Morgan fingerprint density at radius 1 is 1.25 bits per heavy atom. The van der Waals surface area contributed by atoms with E-state index < -0.39 is 5.24 Å². The normalized spacial score (nSPS) is 10.4. The smallest absolute Gasteiger partial charge is 0.257 e. The summed E-state index contributed by atoms with van der Waals surface area (Å²) in [5.41, 5.74) is 0.816. The van der Waals surface area contributed by atoms with E-state index in [4.69, 9.17) is 39.3 Å². The third-order valence-electron chi connectivity index (χ3n) is 1.98. The topological polar surface area (TPSA) is 43.1 Å². The van der Waals surface area contributed by atoms with Crippen LogP contribution in [0.5, 0.6) is 0 Å². The van der Waals surface area contributed by atoms with E-state index in [0.717, 1.165) is 6.26 Å². The van der Waals surface area contributed by atoms with Gasteiger partial charge < -0.3 is 4.52 Å². The summed E-state index contributed by atoms with van der Waals surface area (Å²) in [5.74, 6) is 0. The van der Waals surface area contributed by atoms with Crippen LogP contribution in [-0.4, -0.2) is 10.4 Å². The maximum atomic E-state index is 11.1. The summed E-state index contributed by atoms with van der Waals surface area (Å²) in [6.07, 6.45) is 1.16. The van der Waals surface area contributed by atoms with Gasteiger partial charge in [0.25, 0.3) is 5.24 Å². The van der Waals surface area contributed by atoms with Crippen LogP contribution in [0, 0.1) is 0 Å². The lowest BCUT2D eigenvalue weighted by Crippen LogP contribution is -1.91. The van der Waals surface area contributed by atoms with Crippen molar-refractivity contribution in [3.05, 3.63) is 40.1 Å². The second-order valence-corrected chi connectivity index (χ2v) is 4.10. The Hall–Kier alpha value is -1.03. The standard InChI is InChI=1S/C10H4Cl3NO2/c11-6-2-1-3-7(12)8(6)9-5(10(13)15)4-16-14-9/h1-4H. The zero-order valence-corrected chi connectivity index (χ0v) is 9.97. The van der Waals surface area contributed by atoms with Crippen LogP contribution in [0.4, 0.5) is 0 Å². The first-order valence-electron chi connectivity index (χ1n) is 4.20. The molecule has 2 aromatic rings. The van der Waals surface area contributed by atoms with Crippen molar-refractivity contribution in [2.24, 2.45) is 0 Å². The highest BCUT2D eigenvalue weighted by Crippen LogP contribution is 2.35. The summed E-state index contributed by atoms with van der Waals surface area (Å²) in [6.45, 7) is 0. The fraction of sp³-hybridized carbons (Fsp3) is 0. The van der Waals surface area contributed by atoms with Gasteiger partial charge in [-0.25, -0.2) is 0 Å². The monoisotopic (exact) mass is 275 g/mol. The molecular formula is C10H4Cl3NO2. The lowest BCUT2D eigenvalue weighted by Gasteiger charge is -2.03. The maximum absolute atomic E-state index is 11.1. The number of aromatic nitrogens is 1. The van der Waals surface area contributed by atoms with Crippen molar-refractivity contribution in [3.63, 3.8) is 0 Å². The van der Waals surface area contributed by atoms with Crippen LogP contribution in [0.1, 0.15) is 10.4 Å². The molecule has 0 saturated carbocycles. The predicted molar refractivity (Wildman–Crippen MR) is 62.1 cm³/mol. The number of carbonyl (C=O) groups excluding carboxylic acids is 1. The zero-order chi connectivity index (χ0) is 11.7. The van der Waals surface area contributed by atoms with E-state index in [2.05, 4.69) is 5.16 Å². The molecule has 0 aliphatic heterocycles. The molecule has 1 aromatic carbocycles. The van der Waals surface area contributed by atoms with Crippen LogP contribution < -0.4 is 0 Å². The molecule has 0 radical (unpaired) electrons. The lowest BCUT2D eigenvalue weighted by molar-refractivity contribution is 0.108. The molecule has 0 bridgehead atoms. The van der Waals surface area contributed by atoms with Gasteiger partial charge in [0.15, 0.2) is 0 Å². The highest BCUT2D eigenvalue weighted by molar-refractivity contribution is 6.68. The molecule has 0 amide bonds. The molecular weight excluding hydrogens is 272 g/mol. The summed E-state index contributed by atoms with van der Waals surface area (Å²) in [6, 6.07) is 4.97. The minimum absolute atomic E-state index is 0.136. The third kappa shape index (κ3) is 1.94. The number of carbonyl (C=O) groups is 1. The third-order valence-corrected chi connectivity index (χ3v) is 2.81. The number of halogens is 3. The second kappa shape index (κ2) is 4.45. The Morgan fingerprint density at radius 3 is 2.44 bits per heavy atom. The van der Waals surface area contributed by atoms with Crippen molar-refractivity contribution in [1.82, 2.24) is 5.16 Å². The molecule has 6 heteroatoms. The summed E-state index contributed by atoms with van der Waals surface area (Å²) in [7, 11) is 0. The van der Waals surface area contributed by atoms with Crippen LogP contribution in [0.15, 0.2) is 29.0 Å². The van der Waals surface area contributed by atoms with E-state index in [1.807, 2.05) is 0 Å². The minimum atomic E-state index is -0.674. The summed E-state index contributed by atoms with van der Waals surface area (Å²) in [5, 5.41) is 3.76. The highest BCUT2D eigenvalue weighted by atomic mass is 35.5. The molecule has 82 valence electrons. The molecule has 0 atom stereocenters. The van der Waals surface area contributed by atoms with Gasteiger partial charge in [-0.15, -0.1) is 0 Å². The van der Waals surface area contributed by atoms with Gasteiger partial charge in [0.1, 0.15) is 17.5 Å². The Bertz CT molecular complexity index is 530. The average molecular weight is 277 g/mol. The van der Waals surface area contributed by atoms with Crippen molar-refractivity contribution in [2.75, 3.05) is 0 Å². The molecule has 3 nitrogen and oxygen atoms in total. The first-order chi connectivity index (χ1) is 7.61. The molecule has 16 heavy (non-hydrogen) atoms. The number of benzene rings is 1. The number of hydrogen-bond acceptors (Lipinski definition) is 3. The van der Waals surface area contributed by atoms with Crippen molar-refractivity contribution in [3.8, 4) is 11.3 Å². The van der Waals surface area contributed by atoms with Gasteiger partial charge in [-0.1, -0.05) is 34.4 Å². The molecule has 2 rings (SSSR count). The maximum Gasteiger partial charge on any atom is 0.257 e. The quantitative estimate of drug-likeness (QED) is 0.778. The van der Waals surface area contributed by atoms with Gasteiger partial charge in [-0.3, -0.25) is 4.79 Å². The Kier molecular flexibility index (Phi) is 3.19. The van der Waals surface area contributed by atoms with Crippen molar-refractivity contribution in [2.45, 2.75) is 0 Å². The van der Waals surface area contributed by atoms with Crippen LogP contribution in [0.25, 0.3) is 11.3 Å². The van der Waals surface area contributed by atoms with E-state index >= 15 is 0 Å². The van der Waals surface area contributed by atoms with Gasteiger partial charge in [0.05, 0.1) is 10.0 Å². The molecule has 0 spiro atoms. The van der Waals surface area contributed by atoms with Gasteiger partial charge in [-0.2, -0.15) is 0 Å². The van der Waals surface area contributed by atoms with Crippen molar-refractivity contribution >= 4 is 40.0 Å². The van der Waals surface area contributed by atoms with E-state index in [0.29, 0.717) is 15.6 Å². The first kappa shape index (κ1) is 11.5. The van der Waals surface area contributed by atoms with E-state index in [-0.39, 0.29) is 11.3 Å². The van der Waals surface area contributed by atoms with Gasteiger partial charge >= 0.3 is 0 Å². The molecule has 1 heterocycles. The zero-order valence-electron chi connectivity index (χ0n) is 7.71. The first-order valence-corrected chi connectivity index (χ1v) is 5.33. The van der Waals surface area contributed by atoms with E-state index in [1.54, 1.807) is 18.2 Å². The van der Waals surface area contributed by atoms with Crippen molar-refractivity contribution in [1.29, 1.82) is 0 Å². The number of hydrogen-bond donors (Lipinski definition) is 0. The lowest BCUT2D eigenvalue weighted by atomic mass is 10.1. The SMILES string of the molecule is O=C(Cl)c1conc1-c1c(Cl)cccc1Cl. The summed E-state index contributed by atoms with van der Waals surface area (Å²) < 4.78 is 4.70. The second-order valence-electron chi connectivity index (χ2n) is 2.95. The van der Waals surface area contributed by atoms with Crippen LogP contribution in [0.3, 0.4) is 0 Å². The van der Waals surface area contributed by atoms with Crippen LogP contribution in [-0.2, 0) is 0 Å². The van der Waals surface area contributed by atoms with Gasteiger partial charge in [0, 0.05) is 5.56 Å². The number of rotatable bonds is 2. The van der Waals surface area contributed by atoms with Crippen LogP contribution >= 0.6 is 34.8 Å². The van der Waals surface area contributed by atoms with Gasteiger partial charge in [0.2, 0.25) is 0 Å². The predicted octanol–water partition coefficient (Wildman–Crippen LogP) is 4.03. The summed E-state index contributed by atoms with van der Waals surface area (Å²) in [4.78, 5) is 11.1. The Morgan fingerprint density at radius 2 is 1.88 bits per heavy atom. The van der Waals surface area contributed by atoms with E-state index in [1.165, 1.54) is 0 Å². The Balaban J connectivity index is 2.68. The van der Waals surface area contributed by atoms with E-state index in [9.17, 15) is 4.79 Å². The molecule has 0 fully saturated rings. The Labute approximate surface area is 106 Å². The minimum Gasteiger partial charge on any atom is -0.363 e. The average Bonchev–Trinajstić information content (AvgIpc) is 2.66. The van der Waals surface area contributed by atoms with Gasteiger partial charge in [-0.05, 0) is 23.7 Å². The molecule has 1 aromatic heterocycles. The molecule has 0 aliphatic rings. The number of nitrogens with zero attached hydrogens (tertiary/aromatic N) is 1. The van der Waals surface area contributed by atoms with Crippen LogP contribution in [0.2, 0.25) is 10.0 Å².